The van der Waals surface area contributed by atoms with Crippen molar-refractivity contribution in [2.75, 3.05) is 31.1 Å². The van der Waals surface area contributed by atoms with Crippen LogP contribution in [0.25, 0.3) is 0 Å². The number of benzene rings is 1. The lowest BCUT2D eigenvalue weighted by Gasteiger charge is -2.37. The zero-order chi connectivity index (χ0) is 22.1. The van der Waals surface area contributed by atoms with Crippen LogP contribution in [0.15, 0.2) is 35.6 Å². The number of amidine groups is 1. The van der Waals surface area contributed by atoms with Gasteiger partial charge in [-0.2, -0.15) is 13.2 Å². The number of carboxylic acids is 1. The summed E-state index contributed by atoms with van der Waals surface area (Å²) in [5.74, 6) is -0.838. The molecule has 0 saturated carbocycles. The lowest BCUT2D eigenvalue weighted by atomic mass is 10.1. The van der Waals surface area contributed by atoms with Crippen molar-refractivity contribution in [3.8, 4) is 0 Å². The summed E-state index contributed by atoms with van der Waals surface area (Å²) in [6.45, 7) is 1.28. The van der Waals surface area contributed by atoms with Crippen molar-refractivity contribution in [1.29, 1.82) is 0 Å². The number of rotatable bonds is 3. The Hall–Kier alpha value is -2.72. The van der Waals surface area contributed by atoms with Crippen LogP contribution in [0.1, 0.15) is 21.5 Å². The minimum Gasteiger partial charge on any atom is -0.478 e. The Morgan fingerprint density at radius 2 is 1.77 bits per heavy atom. The summed E-state index contributed by atoms with van der Waals surface area (Å²) in [4.78, 5) is 18.5. The van der Waals surface area contributed by atoms with Gasteiger partial charge in [0.05, 0.1) is 21.2 Å². The lowest BCUT2D eigenvalue weighted by molar-refractivity contribution is -0.137. The molecule has 30 heavy (non-hydrogen) atoms. The van der Waals surface area contributed by atoms with Crippen molar-refractivity contribution >= 4 is 40.8 Å². The highest BCUT2D eigenvalue weighted by molar-refractivity contribution is 6.34. The van der Waals surface area contributed by atoms with Crippen LogP contribution in [0.5, 0.6) is 0 Å². The molecule has 0 unspecified atom stereocenters. The molecule has 0 atom stereocenters. The van der Waals surface area contributed by atoms with Crippen molar-refractivity contribution in [2.24, 2.45) is 5.16 Å². The highest BCUT2D eigenvalue weighted by Crippen LogP contribution is 2.33. The molecule has 1 fully saturated rings. The average Bonchev–Trinajstić information content (AvgIpc) is 2.69. The first kappa shape index (κ1) is 22.0. The van der Waals surface area contributed by atoms with Crippen LogP contribution in [0.3, 0.4) is 0 Å². The summed E-state index contributed by atoms with van der Waals surface area (Å²) in [5, 5.41) is 21.8. The molecule has 2 N–H and O–H groups in total. The lowest BCUT2D eigenvalue weighted by Crippen LogP contribution is -2.49. The van der Waals surface area contributed by atoms with Gasteiger partial charge in [0.15, 0.2) is 5.84 Å². The summed E-state index contributed by atoms with van der Waals surface area (Å²) >= 11 is 12.2. The standard InChI is InChI=1S/C18H15Cl2F3N4O3/c19-13-2-1-11(18(21,22)23)8-12(13)15(25-30)26-3-5-27(6-4-26)16-14(20)7-10(9-24-16)17(28)29/h1-2,7-9,30H,3-6H2,(H,28,29)/b25-15-. The Labute approximate surface area is 178 Å². The van der Waals surface area contributed by atoms with E-state index in [0.717, 1.165) is 18.2 Å². The average molecular weight is 463 g/mol. The first-order valence-corrected chi connectivity index (χ1v) is 9.35. The quantitative estimate of drug-likeness (QED) is 0.309. The fourth-order valence-corrected chi connectivity index (χ4v) is 3.56. The third-order valence-electron chi connectivity index (χ3n) is 4.58. The van der Waals surface area contributed by atoms with Crippen LogP contribution in [-0.2, 0) is 6.18 Å². The monoisotopic (exact) mass is 462 g/mol. The molecule has 2 aromatic rings. The van der Waals surface area contributed by atoms with Gasteiger partial charge in [0.1, 0.15) is 5.82 Å². The van der Waals surface area contributed by atoms with Gasteiger partial charge in [-0.25, -0.2) is 9.78 Å². The third kappa shape index (κ3) is 4.54. The second-order valence-electron chi connectivity index (χ2n) is 6.42. The van der Waals surface area contributed by atoms with Gasteiger partial charge in [-0.1, -0.05) is 28.4 Å². The number of nitrogens with zero attached hydrogens (tertiary/aromatic N) is 4. The number of aromatic carboxylic acids is 1. The van der Waals surface area contributed by atoms with Crippen LogP contribution in [0.4, 0.5) is 19.0 Å². The highest BCUT2D eigenvalue weighted by atomic mass is 35.5. The summed E-state index contributed by atoms with van der Waals surface area (Å²) in [6.07, 6.45) is -3.37. The van der Waals surface area contributed by atoms with E-state index in [2.05, 4.69) is 10.1 Å². The minimum absolute atomic E-state index is 0.0206. The Morgan fingerprint density at radius 1 is 1.10 bits per heavy atom. The van der Waals surface area contributed by atoms with Crippen LogP contribution >= 0.6 is 23.2 Å². The third-order valence-corrected chi connectivity index (χ3v) is 5.18. The normalized spacial score (nSPS) is 15.4. The fourth-order valence-electron chi connectivity index (χ4n) is 3.07. The first-order valence-electron chi connectivity index (χ1n) is 8.59. The van der Waals surface area contributed by atoms with Gasteiger partial charge >= 0.3 is 12.1 Å². The maximum atomic E-state index is 13.0. The Morgan fingerprint density at radius 3 is 2.30 bits per heavy atom. The maximum absolute atomic E-state index is 13.0. The summed E-state index contributed by atoms with van der Waals surface area (Å²) in [5.41, 5.74) is -0.989. The summed E-state index contributed by atoms with van der Waals surface area (Å²) in [6, 6.07) is 4.09. The molecule has 1 aromatic carbocycles. The zero-order valence-electron chi connectivity index (χ0n) is 15.2. The summed E-state index contributed by atoms with van der Waals surface area (Å²) in [7, 11) is 0. The van der Waals surface area contributed by atoms with Crippen LogP contribution in [0, 0.1) is 0 Å². The van der Waals surface area contributed by atoms with E-state index < -0.39 is 17.7 Å². The highest BCUT2D eigenvalue weighted by Gasteiger charge is 2.32. The largest absolute Gasteiger partial charge is 0.478 e. The zero-order valence-corrected chi connectivity index (χ0v) is 16.7. The Kier molecular flexibility index (Phi) is 6.27. The molecule has 12 heteroatoms. The number of pyridine rings is 1. The van der Waals surface area contributed by atoms with E-state index in [1.165, 1.54) is 12.3 Å². The predicted octanol–water partition coefficient (Wildman–Crippen LogP) is 4.06. The molecule has 7 nitrogen and oxygen atoms in total. The van der Waals surface area contributed by atoms with Gasteiger partial charge in [-0.15, -0.1) is 0 Å². The number of alkyl halides is 3. The van der Waals surface area contributed by atoms with Crippen molar-refractivity contribution in [3.63, 3.8) is 0 Å². The molecule has 1 aromatic heterocycles. The van der Waals surface area contributed by atoms with E-state index >= 15 is 0 Å². The second-order valence-corrected chi connectivity index (χ2v) is 7.24. The molecule has 0 radical (unpaired) electrons. The van der Waals surface area contributed by atoms with Crippen molar-refractivity contribution < 1.29 is 28.3 Å². The second kappa shape index (κ2) is 8.57. The topological polar surface area (TPSA) is 89.3 Å². The molecule has 0 amide bonds. The van der Waals surface area contributed by atoms with Crippen LogP contribution in [-0.4, -0.2) is 58.2 Å². The van der Waals surface area contributed by atoms with Gasteiger partial charge in [0.25, 0.3) is 0 Å². The smallest absolute Gasteiger partial charge is 0.416 e. The van der Waals surface area contributed by atoms with E-state index in [1.54, 1.807) is 9.80 Å². The van der Waals surface area contributed by atoms with E-state index in [4.69, 9.17) is 28.3 Å². The Balaban J connectivity index is 1.78. The first-order chi connectivity index (χ1) is 14.1. The number of oxime groups is 1. The molecular formula is C18H15Cl2F3N4O3. The molecular weight excluding hydrogens is 448 g/mol. The molecule has 0 bridgehead atoms. The molecule has 160 valence electrons. The van der Waals surface area contributed by atoms with Crippen LogP contribution < -0.4 is 4.90 Å². The van der Waals surface area contributed by atoms with E-state index in [1.807, 2.05) is 0 Å². The fraction of sp³-hybridized carbons (Fsp3) is 0.278. The van der Waals surface area contributed by atoms with Crippen LogP contribution in [0.2, 0.25) is 10.0 Å². The number of carbonyl (C=O) groups is 1. The number of carboxylic acid groups (broad SMARTS) is 1. The van der Waals surface area contributed by atoms with Crippen molar-refractivity contribution in [2.45, 2.75) is 6.18 Å². The molecule has 0 aliphatic carbocycles. The molecule has 1 aliphatic rings. The predicted molar refractivity (Wildman–Crippen MR) is 105 cm³/mol. The number of halogens is 5. The number of hydrogen-bond acceptors (Lipinski definition) is 5. The van der Waals surface area contributed by atoms with Gasteiger partial charge in [0.2, 0.25) is 0 Å². The SMILES string of the molecule is O=C(O)c1cnc(N2CCN(/C(=N\O)c3cc(C(F)(F)F)ccc3Cl)CC2)c(Cl)c1. The van der Waals surface area contributed by atoms with Gasteiger partial charge in [-0.3, -0.25) is 0 Å². The van der Waals surface area contributed by atoms with Gasteiger partial charge in [0, 0.05) is 37.9 Å². The molecule has 0 spiro atoms. The van der Waals surface area contributed by atoms with E-state index in [0.29, 0.717) is 18.9 Å². The van der Waals surface area contributed by atoms with Gasteiger partial charge < -0.3 is 20.1 Å². The number of anilines is 1. The molecule has 1 aliphatic heterocycles. The van der Waals surface area contributed by atoms with Crippen molar-refractivity contribution in [3.05, 3.63) is 57.2 Å². The number of hydrogen-bond donors (Lipinski definition) is 2. The van der Waals surface area contributed by atoms with Crippen molar-refractivity contribution in [1.82, 2.24) is 9.88 Å². The molecule has 3 rings (SSSR count). The van der Waals surface area contributed by atoms with E-state index in [-0.39, 0.29) is 40.1 Å². The molecule has 1 saturated heterocycles. The summed E-state index contributed by atoms with van der Waals surface area (Å²) < 4.78 is 39.1. The minimum atomic E-state index is -4.57. The maximum Gasteiger partial charge on any atom is 0.416 e. The number of piperazine rings is 1. The molecule has 2 heterocycles. The number of aromatic nitrogens is 1. The Bertz CT molecular complexity index is 993. The van der Waals surface area contributed by atoms with E-state index in [9.17, 15) is 23.2 Å². The van der Waals surface area contributed by atoms with Gasteiger partial charge in [-0.05, 0) is 24.3 Å².